The highest BCUT2D eigenvalue weighted by Crippen LogP contribution is 2.27. The topological polar surface area (TPSA) is 29.5 Å². The summed E-state index contributed by atoms with van der Waals surface area (Å²) in [6.45, 7) is 6.40. The number of carbonyl (C=O) groups is 1. The van der Waals surface area contributed by atoms with E-state index in [1.54, 1.807) is 0 Å². The van der Waals surface area contributed by atoms with Crippen molar-refractivity contribution < 1.29 is 9.53 Å². The first-order valence-corrected chi connectivity index (χ1v) is 4.84. The number of rotatable bonds is 4. The second-order valence-electron chi connectivity index (χ2n) is 4.29. The molecule has 0 amide bonds. The van der Waals surface area contributed by atoms with Gasteiger partial charge in [0.1, 0.15) is 6.29 Å². The van der Waals surface area contributed by atoms with Gasteiger partial charge in [-0.2, -0.15) is 0 Å². The molecule has 1 unspecified atom stereocenters. The zero-order valence-electron chi connectivity index (χ0n) is 8.75. The molecule has 3 heteroatoms. The van der Waals surface area contributed by atoms with E-state index in [4.69, 9.17) is 4.74 Å². The first-order valence-electron chi connectivity index (χ1n) is 4.84. The normalized spacial score (nSPS) is 28.7. The van der Waals surface area contributed by atoms with Crippen LogP contribution in [0.3, 0.4) is 0 Å². The Morgan fingerprint density at radius 1 is 1.62 bits per heavy atom. The molecule has 0 aromatic carbocycles. The molecule has 76 valence electrons. The van der Waals surface area contributed by atoms with Crippen molar-refractivity contribution >= 4 is 6.29 Å². The molecule has 1 fully saturated rings. The van der Waals surface area contributed by atoms with E-state index in [0.29, 0.717) is 12.6 Å². The lowest BCUT2D eigenvalue weighted by Gasteiger charge is -2.29. The van der Waals surface area contributed by atoms with Crippen LogP contribution >= 0.6 is 0 Å². The second kappa shape index (κ2) is 4.20. The van der Waals surface area contributed by atoms with Gasteiger partial charge in [-0.1, -0.05) is 0 Å². The van der Waals surface area contributed by atoms with Crippen molar-refractivity contribution in [2.45, 2.75) is 26.3 Å². The third-order valence-electron chi connectivity index (χ3n) is 2.83. The summed E-state index contributed by atoms with van der Waals surface area (Å²) in [6.07, 6.45) is 1.94. The van der Waals surface area contributed by atoms with Crippen LogP contribution in [0.1, 0.15) is 20.3 Å². The molecule has 0 bridgehead atoms. The van der Waals surface area contributed by atoms with Gasteiger partial charge in [-0.05, 0) is 27.3 Å². The standard InChI is InChI=1S/C10H19NO2/c1-9(2)11(3)6-10(7-12)4-5-13-8-10/h7,9H,4-6,8H2,1-3H3. The van der Waals surface area contributed by atoms with Gasteiger partial charge < -0.3 is 14.4 Å². The zero-order valence-corrected chi connectivity index (χ0v) is 8.75. The van der Waals surface area contributed by atoms with E-state index in [-0.39, 0.29) is 5.41 Å². The maximum Gasteiger partial charge on any atom is 0.129 e. The Bertz CT molecular complexity index is 174. The first kappa shape index (κ1) is 10.7. The van der Waals surface area contributed by atoms with Crippen LogP contribution in [0, 0.1) is 5.41 Å². The molecule has 3 nitrogen and oxygen atoms in total. The highest BCUT2D eigenvalue weighted by atomic mass is 16.5. The summed E-state index contributed by atoms with van der Waals surface area (Å²) in [6, 6.07) is 0.484. The summed E-state index contributed by atoms with van der Waals surface area (Å²) in [5.41, 5.74) is -0.237. The maximum absolute atomic E-state index is 11.0. The predicted octanol–water partition coefficient (Wildman–Crippen LogP) is 0.932. The van der Waals surface area contributed by atoms with Crippen LogP contribution in [0.25, 0.3) is 0 Å². The number of hydrogen-bond acceptors (Lipinski definition) is 3. The van der Waals surface area contributed by atoms with Crippen LogP contribution in [0.15, 0.2) is 0 Å². The van der Waals surface area contributed by atoms with Gasteiger partial charge in [-0.3, -0.25) is 0 Å². The molecule has 0 aromatic rings. The Morgan fingerprint density at radius 3 is 2.69 bits per heavy atom. The van der Waals surface area contributed by atoms with Crippen molar-refractivity contribution in [3.05, 3.63) is 0 Å². The summed E-state index contributed by atoms with van der Waals surface area (Å²) in [4.78, 5) is 13.2. The first-order chi connectivity index (χ1) is 6.09. The number of carbonyl (C=O) groups excluding carboxylic acids is 1. The lowest BCUT2D eigenvalue weighted by Crippen LogP contribution is -2.40. The van der Waals surface area contributed by atoms with Crippen molar-refractivity contribution in [2.24, 2.45) is 5.41 Å². The van der Waals surface area contributed by atoms with E-state index in [1.165, 1.54) is 0 Å². The molecule has 1 heterocycles. The third kappa shape index (κ3) is 2.51. The van der Waals surface area contributed by atoms with Gasteiger partial charge in [-0.15, -0.1) is 0 Å². The van der Waals surface area contributed by atoms with Crippen LogP contribution in [0.2, 0.25) is 0 Å². The van der Waals surface area contributed by atoms with Crippen molar-refractivity contribution in [1.29, 1.82) is 0 Å². The van der Waals surface area contributed by atoms with Crippen LogP contribution in [0.5, 0.6) is 0 Å². The van der Waals surface area contributed by atoms with Crippen molar-refractivity contribution in [2.75, 3.05) is 26.8 Å². The highest BCUT2D eigenvalue weighted by molar-refractivity contribution is 5.60. The molecule has 1 rings (SSSR count). The van der Waals surface area contributed by atoms with E-state index in [9.17, 15) is 4.79 Å². The summed E-state index contributed by atoms with van der Waals surface area (Å²) in [5.74, 6) is 0. The van der Waals surface area contributed by atoms with Crippen LogP contribution in [-0.4, -0.2) is 44.0 Å². The molecule has 0 aromatic heterocycles. The molecular formula is C10H19NO2. The Labute approximate surface area is 80.1 Å². The van der Waals surface area contributed by atoms with Crippen LogP contribution < -0.4 is 0 Å². The predicted molar refractivity (Wildman–Crippen MR) is 51.7 cm³/mol. The van der Waals surface area contributed by atoms with Crippen LogP contribution in [-0.2, 0) is 9.53 Å². The second-order valence-corrected chi connectivity index (χ2v) is 4.29. The molecule has 0 saturated carbocycles. The Hall–Kier alpha value is -0.410. The number of aldehydes is 1. The smallest absolute Gasteiger partial charge is 0.129 e. The lowest BCUT2D eigenvalue weighted by molar-refractivity contribution is -0.117. The SMILES string of the molecule is CC(C)N(C)CC1(C=O)CCOC1. The lowest BCUT2D eigenvalue weighted by atomic mass is 9.88. The minimum absolute atomic E-state index is 0.237. The molecule has 13 heavy (non-hydrogen) atoms. The van der Waals surface area contributed by atoms with Crippen LogP contribution in [0.4, 0.5) is 0 Å². The molecular weight excluding hydrogens is 166 g/mol. The minimum atomic E-state index is -0.237. The molecule has 1 aliphatic heterocycles. The van der Waals surface area contributed by atoms with Gasteiger partial charge in [-0.25, -0.2) is 0 Å². The van der Waals surface area contributed by atoms with Crippen molar-refractivity contribution in [1.82, 2.24) is 4.90 Å². The molecule has 0 N–H and O–H groups in total. The Morgan fingerprint density at radius 2 is 2.31 bits per heavy atom. The monoisotopic (exact) mass is 185 g/mol. The Kier molecular flexibility index (Phi) is 3.45. The zero-order chi connectivity index (χ0) is 9.90. The summed E-state index contributed by atoms with van der Waals surface area (Å²) in [5, 5.41) is 0. The van der Waals surface area contributed by atoms with E-state index < -0.39 is 0 Å². The van der Waals surface area contributed by atoms with E-state index >= 15 is 0 Å². The summed E-state index contributed by atoms with van der Waals surface area (Å²) >= 11 is 0. The van der Waals surface area contributed by atoms with Gasteiger partial charge >= 0.3 is 0 Å². The molecule has 1 atom stereocenters. The Balaban J connectivity index is 2.53. The minimum Gasteiger partial charge on any atom is -0.380 e. The average Bonchev–Trinajstić information content (AvgIpc) is 2.54. The maximum atomic E-state index is 11.0. The molecule has 1 aliphatic rings. The molecule has 1 saturated heterocycles. The van der Waals surface area contributed by atoms with E-state index in [0.717, 1.165) is 25.9 Å². The molecule has 0 radical (unpaired) electrons. The fraction of sp³-hybridized carbons (Fsp3) is 0.900. The third-order valence-corrected chi connectivity index (χ3v) is 2.83. The number of hydrogen-bond donors (Lipinski definition) is 0. The van der Waals surface area contributed by atoms with Crippen molar-refractivity contribution in [3.8, 4) is 0 Å². The molecule has 0 spiro atoms. The quantitative estimate of drug-likeness (QED) is 0.610. The molecule has 0 aliphatic carbocycles. The summed E-state index contributed by atoms with van der Waals surface area (Å²) < 4.78 is 5.27. The number of nitrogens with zero attached hydrogens (tertiary/aromatic N) is 1. The fourth-order valence-corrected chi connectivity index (χ4v) is 1.56. The van der Waals surface area contributed by atoms with Gasteiger partial charge in [0.25, 0.3) is 0 Å². The summed E-state index contributed by atoms with van der Waals surface area (Å²) in [7, 11) is 2.05. The van der Waals surface area contributed by atoms with Gasteiger partial charge in [0.15, 0.2) is 0 Å². The van der Waals surface area contributed by atoms with Gasteiger partial charge in [0.2, 0.25) is 0 Å². The van der Waals surface area contributed by atoms with Gasteiger partial charge in [0.05, 0.1) is 12.0 Å². The van der Waals surface area contributed by atoms with Crippen molar-refractivity contribution in [3.63, 3.8) is 0 Å². The largest absolute Gasteiger partial charge is 0.380 e. The fourth-order valence-electron chi connectivity index (χ4n) is 1.56. The average molecular weight is 185 g/mol. The van der Waals surface area contributed by atoms with E-state index in [1.807, 2.05) is 7.05 Å². The highest BCUT2D eigenvalue weighted by Gasteiger charge is 2.36. The van der Waals surface area contributed by atoms with Gasteiger partial charge in [0, 0.05) is 19.2 Å². The van der Waals surface area contributed by atoms with E-state index in [2.05, 4.69) is 18.7 Å². The number of ether oxygens (including phenoxy) is 1.